The lowest BCUT2D eigenvalue weighted by Crippen LogP contribution is -2.23. The smallest absolute Gasteiger partial charge is 0.264 e. The number of aryl methyl sites for hydroxylation is 2. The number of aromatic nitrogens is 4. The molecular formula is C17H16N4O3S2. The zero-order valence-corrected chi connectivity index (χ0v) is 15.8. The van der Waals surface area contributed by atoms with E-state index in [9.17, 15) is 9.59 Å². The molecular weight excluding hydrogens is 372 g/mol. The van der Waals surface area contributed by atoms with Gasteiger partial charge in [0.2, 0.25) is 0 Å². The topological polar surface area (TPSA) is 96.7 Å². The normalized spacial score (nSPS) is 11.5. The minimum Gasteiger partial charge on any atom is -0.467 e. The number of H-pyrrole nitrogens is 2. The molecule has 4 aromatic heterocycles. The third kappa shape index (κ3) is 3.04. The Kier molecular flexibility index (Phi) is 4.33. The molecule has 4 aromatic rings. The van der Waals surface area contributed by atoms with Gasteiger partial charge in [0.25, 0.3) is 11.1 Å². The molecule has 0 aromatic carbocycles. The van der Waals surface area contributed by atoms with Gasteiger partial charge in [-0.2, -0.15) is 0 Å². The maximum absolute atomic E-state index is 13.1. The quantitative estimate of drug-likeness (QED) is 0.405. The predicted octanol–water partition coefficient (Wildman–Crippen LogP) is 3.02. The van der Waals surface area contributed by atoms with E-state index in [2.05, 4.69) is 10.2 Å². The summed E-state index contributed by atoms with van der Waals surface area (Å²) in [4.78, 5) is 31.0. The van der Waals surface area contributed by atoms with E-state index >= 15 is 0 Å². The van der Waals surface area contributed by atoms with Gasteiger partial charge in [0, 0.05) is 22.4 Å². The summed E-state index contributed by atoms with van der Waals surface area (Å²) in [6, 6.07) is 5.13. The first-order chi connectivity index (χ1) is 12.5. The van der Waals surface area contributed by atoms with Crippen LogP contribution < -0.4 is 11.1 Å². The lowest BCUT2D eigenvalue weighted by Gasteiger charge is -2.10. The van der Waals surface area contributed by atoms with Gasteiger partial charge >= 0.3 is 0 Å². The molecule has 0 saturated heterocycles. The Bertz CT molecular complexity index is 1180. The number of nitrogens with one attached hydrogen (secondary N) is 2. The van der Waals surface area contributed by atoms with Crippen molar-refractivity contribution in [1.82, 2.24) is 19.7 Å². The van der Waals surface area contributed by atoms with Gasteiger partial charge < -0.3 is 9.52 Å². The number of furan rings is 1. The van der Waals surface area contributed by atoms with Gasteiger partial charge in [-0.05, 0) is 31.5 Å². The highest BCUT2D eigenvalue weighted by Crippen LogP contribution is 2.29. The molecule has 0 spiro atoms. The third-order valence-corrected chi connectivity index (χ3v) is 6.28. The minimum absolute atomic E-state index is 0.0710. The van der Waals surface area contributed by atoms with Gasteiger partial charge in [-0.15, -0.1) is 11.3 Å². The van der Waals surface area contributed by atoms with Crippen molar-refractivity contribution in [3.63, 3.8) is 0 Å². The second kappa shape index (κ2) is 6.65. The van der Waals surface area contributed by atoms with E-state index < -0.39 is 0 Å². The van der Waals surface area contributed by atoms with Crippen LogP contribution >= 0.6 is 23.1 Å². The number of nitrogens with zero attached hydrogens (tertiary/aromatic N) is 2. The van der Waals surface area contributed by atoms with Crippen molar-refractivity contribution in [3.8, 4) is 0 Å². The van der Waals surface area contributed by atoms with Crippen LogP contribution in [0.1, 0.15) is 21.9 Å². The second-order valence-corrected chi connectivity index (χ2v) is 8.05. The largest absolute Gasteiger partial charge is 0.467 e. The SMILES string of the molecule is Cc1sc2nc(SCc3cc(=O)[nH][nH]3)n(Cc3ccco3)c(=O)c2c1C. The molecule has 0 aliphatic heterocycles. The minimum atomic E-state index is -0.179. The van der Waals surface area contributed by atoms with E-state index in [4.69, 9.17) is 9.40 Å². The van der Waals surface area contributed by atoms with Gasteiger partial charge in [-0.25, -0.2) is 4.98 Å². The lowest BCUT2D eigenvalue weighted by atomic mass is 10.2. The summed E-state index contributed by atoms with van der Waals surface area (Å²) in [7, 11) is 0. The van der Waals surface area contributed by atoms with Crippen LogP contribution in [0.15, 0.2) is 43.6 Å². The molecule has 26 heavy (non-hydrogen) atoms. The number of thioether (sulfide) groups is 1. The first kappa shape index (κ1) is 16.9. The fourth-order valence-corrected chi connectivity index (χ4v) is 4.69. The first-order valence-electron chi connectivity index (χ1n) is 7.95. The Balaban J connectivity index is 1.80. The number of thiophene rings is 1. The molecule has 0 bridgehead atoms. The average Bonchev–Trinajstić information content (AvgIpc) is 3.32. The summed E-state index contributed by atoms with van der Waals surface area (Å²) in [6.45, 7) is 4.26. The van der Waals surface area contributed by atoms with Crippen molar-refractivity contribution in [2.24, 2.45) is 0 Å². The first-order valence-corrected chi connectivity index (χ1v) is 9.75. The summed E-state index contributed by atoms with van der Waals surface area (Å²) in [6.07, 6.45) is 1.59. The molecule has 0 atom stereocenters. The van der Waals surface area contributed by atoms with Gasteiger partial charge in [0.05, 0.1) is 18.2 Å². The Morgan fingerprint density at radius 2 is 2.15 bits per heavy atom. The highest BCUT2D eigenvalue weighted by atomic mass is 32.2. The maximum Gasteiger partial charge on any atom is 0.264 e. The predicted molar refractivity (Wildman–Crippen MR) is 102 cm³/mol. The molecule has 4 heterocycles. The monoisotopic (exact) mass is 388 g/mol. The van der Waals surface area contributed by atoms with Crippen LogP contribution in [0.2, 0.25) is 0 Å². The highest BCUT2D eigenvalue weighted by molar-refractivity contribution is 7.98. The van der Waals surface area contributed by atoms with Gasteiger partial charge in [-0.3, -0.25) is 19.3 Å². The van der Waals surface area contributed by atoms with Crippen molar-refractivity contribution in [2.75, 3.05) is 0 Å². The van der Waals surface area contributed by atoms with E-state index in [1.165, 1.54) is 29.2 Å². The molecule has 0 fully saturated rings. The van der Waals surface area contributed by atoms with Crippen molar-refractivity contribution >= 4 is 33.3 Å². The Labute approximate surface area is 156 Å². The summed E-state index contributed by atoms with van der Waals surface area (Å²) in [5.41, 5.74) is 1.47. The average molecular weight is 388 g/mol. The zero-order valence-electron chi connectivity index (χ0n) is 14.2. The van der Waals surface area contributed by atoms with Gasteiger partial charge in [0.15, 0.2) is 5.16 Å². The Morgan fingerprint density at radius 1 is 1.31 bits per heavy atom. The van der Waals surface area contributed by atoms with Gasteiger partial charge in [-0.1, -0.05) is 11.8 Å². The van der Waals surface area contributed by atoms with Crippen molar-refractivity contribution in [1.29, 1.82) is 0 Å². The van der Waals surface area contributed by atoms with Crippen LogP contribution in [0.25, 0.3) is 10.2 Å². The fraction of sp³-hybridized carbons (Fsp3) is 0.235. The summed E-state index contributed by atoms with van der Waals surface area (Å²) >= 11 is 2.93. The summed E-state index contributed by atoms with van der Waals surface area (Å²) in [5, 5.41) is 6.59. The fourth-order valence-electron chi connectivity index (χ4n) is 2.71. The van der Waals surface area contributed by atoms with E-state index in [1.807, 2.05) is 19.9 Å². The Morgan fingerprint density at radius 3 is 2.85 bits per heavy atom. The number of hydrogen-bond donors (Lipinski definition) is 2. The molecule has 4 rings (SSSR count). The Hall–Kier alpha value is -2.52. The van der Waals surface area contributed by atoms with Crippen molar-refractivity contribution < 1.29 is 4.42 Å². The van der Waals surface area contributed by atoms with Crippen LogP contribution in [-0.4, -0.2) is 19.7 Å². The molecule has 0 aliphatic carbocycles. The molecule has 2 N–H and O–H groups in total. The molecule has 7 nitrogen and oxygen atoms in total. The van der Waals surface area contributed by atoms with Crippen molar-refractivity contribution in [3.05, 3.63) is 67.1 Å². The number of fused-ring (bicyclic) bond motifs is 1. The summed E-state index contributed by atoms with van der Waals surface area (Å²) < 4.78 is 7.05. The molecule has 0 radical (unpaired) electrons. The second-order valence-electron chi connectivity index (χ2n) is 5.90. The summed E-state index contributed by atoms with van der Waals surface area (Å²) in [5.74, 6) is 1.19. The van der Waals surface area contributed by atoms with E-state index in [0.717, 1.165) is 21.0 Å². The van der Waals surface area contributed by atoms with E-state index in [0.29, 0.717) is 28.6 Å². The standard InChI is InChI=1S/C17H16N4O3S2/c1-9-10(2)26-15-14(9)16(23)21(7-12-4-3-5-24-12)17(18-15)25-8-11-6-13(22)20-19-11/h3-6H,7-8H2,1-2H3,(H2,19,20,22). The van der Waals surface area contributed by atoms with Crippen LogP contribution in [-0.2, 0) is 12.3 Å². The van der Waals surface area contributed by atoms with Crippen molar-refractivity contribution in [2.45, 2.75) is 31.3 Å². The molecule has 134 valence electrons. The number of rotatable bonds is 5. The number of hydrogen-bond acceptors (Lipinski definition) is 6. The highest BCUT2D eigenvalue weighted by Gasteiger charge is 2.18. The molecule has 0 aliphatic rings. The third-order valence-electron chi connectivity index (χ3n) is 4.16. The molecule has 0 saturated carbocycles. The maximum atomic E-state index is 13.1. The van der Waals surface area contributed by atoms with Crippen LogP contribution in [0.3, 0.4) is 0 Å². The van der Waals surface area contributed by atoms with Crippen LogP contribution in [0, 0.1) is 13.8 Å². The van der Waals surface area contributed by atoms with E-state index in [1.54, 1.807) is 16.9 Å². The van der Waals surface area contributed by atoms with Gasteiger partial charge in [0.1, 0.15) is 10.6 Å². The zero-order chi connectivity index (χ0) is 18.3. The van der Waals surface area contributed by atoms with Crippen LogP contribution in [0.5, 0.6) is 0 Å². The van der Waals surface area contributed by atoms with E-state index in [-0.39, 0.29) is 11.1 Å². The molecule has 0 amide bonds. The number of aromatic amines is 2. The lowest BCUT2D eigenvalue weighted by molar-refractivity contribution is 0.476. The molecule has 9 heteroatoms. The van der Waals surface area contributed by atoms with Crippen LogP contribution in [0.4, 0.5) is 0 Å². The molecule has 0 unspecified atom stereocenters.